The van der Waals surface area contributed by atoms with Gasteiger partial charge < -0.3 is 21.5 Å². The normalized spacial score (nSPS) is 13.7. The van der Waals surface area contributed by atoms with E-state index in [1.54, 1.807) is 0 Å². The van der Waals surface area contributed by atoms with Crippen molar-refractivity contribution >= 4 is 11.6 Å². The van der Waals surface area contributed by atoms with Gasteiger partial charge in [-0.1, -0.05) is 46.0 Å². The summed E-state index contributed by atoms with van der Waals surface area (Å²) in [4.78, 5) is 0. The zero-order chi connectivity index (χ0) is 15.1. The Morgan fingerprint density at radius 1 is 0.619 bits per heavy atom. The molecule has 0 saturated carbocycles. The number of hydrogen-bond acceptors (Lipinski definition) is 0. The predicted molar refractivity (Wildman–Crippen MR) is 93.6 cm³/mol. The molecule has 0 aromatic rings. The number of unbranched alkanes of at least 4 members (excludes halogenated alkanes) is 8. The summed E-state index contributed by atoms with van der Waals surface area (Å²) in [6, 6.07) is 0. The molecular formula is C18H39BrClN. The first-order valence-corrected chi connectivity index (χ1v) is 9.61. The van der Waals surface area contributed by atoms with Crippen LogP contribution in [0.25, 0.3) is 0 Å². The summed E-state index contributed by atoms with van der Waals surface area (Å²) in [5, 5.41) is 0. The Kier molecular flexibility index (Phi) is 19.5. The molecule has 0 saturated heterocycles. The molecule has 0 bridgehead atoms. The van der Waals surface area contributed by atoms with Crippen molar-refractivity contribution in [2.45, 2.75) is 84.5 Å². The first-order valence-electron chi connectivity index (χ1n) is 9.08. The molecule has 3 heteroatoms. The van der Waals surface area contributed by atoms with E-state index in [1.165, 1.54) is 94.7 Å². The van der Waals surface area contributed by atoms with Gasteiger partial charge in [-0.3, -0.25) is 0 Å². The molecular weight excluding hydrogens is 346 g/mol. The van der Waals surface area contributed by atoms with Crippen LogP contribution in [0.4, 0.5) is 0 Å². The van der Waals surface area contributed by atoms with Gasteiger partial charge in [-0.15, -0.1) is 11.6 Å². The van der Waals surface area contributed by atoms with Gasteiger partial charge in [0, 0.05) is 5.88 Å². The monoisotopic (exact) mass is 383 g/mol. The molecule has 0 aliphatic rings. The average Bonchev–Trinajstić information content (AvgIpc) is 2.44. The van der Waals surface area contributed by atoms with E-state index >= 15 is 0 Å². The maximum Gasteiger partial charge on any atom is 0.0784 e. The van der Waals surface area contributed by atoms with Gasteiger partial charge in [0.2, 0.25) is 0 Å². The van der Waals surface area contributed by atoms with Crippen molar-refractivity contribution in [3.05, 3.63) is 0 Å². The Labute approximate surface area is 150 Å². The van der Waals surface area contributed by atoms with Crippen molar-refractivity contribution in [3.8, 4) is 0 Å². The van der Waals surface area contributed by atoms with Crippen LogP contribution in [0.5, 0.6) is 0 Å². The fourth-order valence-corrected chi connectivity index (χ4v) is 3.13. The maximum atomic E-state index is 5.83. The van der Waals surface area contributed by atoms with Gasteiger partial charge >= 0.3 is 0 Å². The molecule has 0 fully saturated rings. The Hall–Kier alpha value is 0.730. The van der Waals surface area contributed by atoms with Gasteiger partial charge in [0.1, 0.15) is 0 Å². The third-order valence-electron chi connectivity index (χ3n) is 4.43. The zero-order valence-corrected chi connectivity index (χ0v) is 17.2. The lowest BCUT2D eigenvalue weighted by molar-refractivity contribution is -0.910. The highest BCUT2D eigenvalue weighted by Gasteiger charge is 2.19. The van der Waals surface area contributed by atoms with Crippen LogP contribution in [0.15, 0.2) is 0 Å². The summed E-state index contributed by atoms with van der Waals surface area (Å²) in [5.41, 5.74) is 0. The van der Waals surface area contributed by atoms with E-state index in [4.69, 9.17) is 11.6 Å². The molecule has 1 nitrogen and oxygen atoms in total. The summed E-state index contributed by atoms with van der Waals surface area (Å²) in [6.45, 7) is 8.66. The first kappa shape index (κ1) is 24.0. The molecule has 0 N–H and O–H groups in total. The van der Waals surface area contributed by atoms with Crippen LogP contribution in [0.3, 0.4) is 0 Å². The molecule has 0 rings (SSSR count). The van der Waals surface area contributed by atoms with Gasteiger partial charge in [-0.25, -0.2) is 0 Å². The topological polar surface area (TPSA) is 0 Å². The fourth-order valence-electron chi connectivity index (χ4n) is 2.94. The lowest BCUT2D eigenvalue weighted by Crippen LogP contribution is -3.00. The maximum absolute atomic E-state index is 5.83. The van der Waals surface area contributed by atoms with Crippen LogP contribution in [-0.4, -0.2) is 37.0 Å². The summed E-state index contributed by atoms with van der Waals surface area (Å²) in [5.74, 6) is 0.826. The molecule has 0 aromatic heterocycles. The second-order valence-electron chi connectivity index (χ2n) is 6.66. The molecule has 0 amide bonds. The molecule has 130 valence electrons. The van der Waals surface area contributed by atoms with Gasteiger partial charge in [0.25, 0.3) is 0 Å². The third kappa shape index (κ3) is 15.4. The fraction of sp³-hybridized carbons (Fsp3) is 1.00. The van der Waals surface area contributed by atoms with E-state index in [0.29, 0.717) is 0 Å². The summed E-state index contributed by atoms with van der Waals surface area (Å²) in [6.07, 6.45) is 15.0. The minimum Gasteiger partial charge on any atom is -1.00 e. The average molecular weight is 385 g/mol. The highest BCUT2D eigenvalue weighted by atomic mass is 79.9. The molecule has 0 aromatic carbocycles. The Morgan fingerprint density at radius 3 is 1.43 bits per heavy atom. The van der Waals surface area contributed by atoms with E-state index in [1.807, 2.05) is 0 Å². The number of alkyl halides is 1. The highest BCUT2D eigenvalue weighted by Crippen LogP contribution is 2.14. The van der Waals surface area contributed by atoms with E-state index in [9.17, 15) is 0 Å². The number of quaternary nitrogens is 1. The molecule has 0 spiro atoms. The minimum atomic E-state index is 0. The van der Waals surface area contributed by atoms with Crippen molar-refractivity contribution in [1.82, 2.24) is 0 Å². The zero-order valence-electron chi connectivity index (χ0n) is 14.8. The molecule has 1 atom stereocenters. The van der Waals surface area contributed by atoms with Crippen LogP contribution in [0, 0.1) is 0 Å². The lowest BCUT2D eigenvalue weighted by atomic mass is 10.1. The van der Waals surface area contributed by atoms with E-state index < -0.39 is 0 Å². The summed E-state index contributed by atoms with van der Waals surface area (Å²) >= 11 is 5.83. The minimum absolute atomic E-state index is 0. The second-order valence-corrected chi connectivity index (χ2v) is 7.04. The number of rotatable bonds is 15. The number of hydrogen-bond donors (Lipinski definition) is 0. The van der Waals surface area contributed by atoms with Gasteiger partial charge in [0.05, 0.1) is 26.7 Å². The van der Waals surface area contributed by atoms with Crippen LogP contribution in [0.1, 0.15) is 84.5 Å². The van der Waals surface area contributed by atoms with Crippen molar-refractivity contribution < 1.29 is 21.5 Å². The molecule has 0 heterocycles. The number of halogens is 2. The van der Waals surface area contributed by atoms with Crippen LogP contribution < -0.4 is 17.0 Å². The largest absolute Gasteiger partial charge is 1.00 e. The van der Waals surface area contributed by atoms with Crippen molar-refractivity contribution in [3.63, 3.8) is 0 Å². The SMILES string of the molecule is CCCCCCC[N+](C)(CCCCCl)CCCCCC.[Br-]. The first-order chi connectivity index (χ1) is 9.68. The Bertz CT molecular complexity index is 202. The molecule has 0 aliphatic heterocycles. The van der Waals surface area contributed by atoms with Gasteiger partial charge in [-0.05, 0) is 38.5 Å². The second kappa shape index (κ2) is 17.1. The van der Waals surface area contributed by atoms with Gasteiger partial charge in [-0.2, -0.15) is 0 Å². The standard InChI is InChI=1S/C18H39ClN.BrH/c1-4-6-8-10-13-17-20(3,18-14-11-15-19)16-12-9-7-5-2;/h4-18H2,1-3H3;1H/q+1;/p-1. The Balaban J connectivity index is 0. The van der Waals surface area contributed by atoms with Crippen LogP contribution >= 0.6 is 11.6 Å². The van der Waals surface area contributed by atoms with Crippen molar-refractivity contribution in [1.29, 1.82) is 0 Å². The molecule has 0 aliphatic carbocycles. The van der Waals surface area contributed by atoms with E-state index in [0.717, 1.165) is 5.88 Å². The quantitative estimate of drug-likeness (QED) is 0.231. The van der Waals surface area contributed by atoms with Gasteiger partial charge in [0.15, 0.2) is 0 Å². The summed E-state index contributed by atoms with van der Waals surface area (Å²) in [7, 11) is 2.47. The molecule has 0 radical (unpaired) electrons. The van der Waals surface area contributed by atoms with Crippen molar-refractivity contribution in [2.24, 2.45) is 0 Å². The van der Waals surface area contributed by atoms with E-state index in [2.05, 4.69) is 20.9 Å². The van der Waals surface area contributed by atoms with E-state index in [-0.39, 0.29) is 17.0 Å². The highest BCUT2D eigenvalue weighted by molar-refractivity contribution is 6.17. The summed E-state index contributed by atoms with van der Waals surface area (Å²) < 4.78 is 1.28. The predicted octanol–water partition coefficient (Wildman–Crippen LogP) is 3.01. The number of nitrogens with zero attached hydrogens (tertiary/aromatic N) is 1. The third-order valence-corrected chi connectivity index (χ3v) is 4.70. The molecule has 1 unspecified atom stereocenters. The molecule has 21 heavy (non-hydrogen) atoms. The van der Waals surface area contributed by atoms with Crippen molar-refractivity contribution in [2.75, 3.05) is 32.6 Å². The Morgan fingerprint density at radius 2 is 1.00 bits per heavy atom. The lowest BCUT2D eigenvalue weighted by Gasteiger charge is -2.35. The van der Waals surface area contributed by atoms with Crippen LogP contribution in [0.2, 0.25) is 0 Å². The van der Waals surface area contributed by atoms with Crippen LogP contribution in [-0.2, 0) is 0 Å². The smallest absolute Gasteiger partial charge is 0.0784 e.